The molecule has 104 valence electrons. The minimum Gasteiger partial charge on any atom is -0.386 e. The van der Waals surface area contributed by atoms with Crippen LogP contribution < -0.4 is 0 Å². The molecule has 0 spiro atoms. The molecule has 0 bridgehead atoms. The average molecular weight is 267 g/mol. The van der Waals surface area contributed by atoms with E-state index in [1.165, 1.54) is 11.1 Å². The summed E-state index contributed by atoms with van der Waals surface area (Å²) >= 11 is 0. The van der Waals surface area contributed by atoms with Gasteiger partial charge in [-0.1, -0.05) is 54.6 Å². The summed E-state index contributed by atoms with van der Waals surface area (Å²) in [6.07, 6.45) is 0.387. The van der Waals surface area contributed by atoms with Crippen molar-refractivity contribution in [1.82, 2.24) is 4.90 Å². The zero-order chi connectivity index (χ0) is 14.2. The average Bonchev–Trinajstić information content (AvgIpc) is 2.47. The zero-order valence-electron chi connectivity index (χ0n) is 12.1. The first-order valence-electron chi connectivity index (χ1n) is 7.12. The Morgan fingerprint density at radius 3 is 2.50 bits per heavy atom. The molecule has 2 nitrogen and oxygen atoms in total. The first kappa shape index (κ1) is 13.3. The SMILES string of the molecule is CN1Cc2ccccc2C(O)C1(C)Cc1ccccc1. The Morgan fingerprint density at radius 2 is 1.75 bits per heavy atom. The highest BCUT2D eigenvalue weighted by Gasteiger charge is 2.42. The number of hydrogen-bond donors (Lipinski definition) is 1. The van der Waals surface area contributed by atoms with E-state index in [9.17, 15) is 5.11 Å². The number of rotatable bonds is 2. The Bertz CT molecular complexity index is 595. The quantitative estimate of drug-likeness (QED) is 0.903. The predicted octanol–water partition coefficient (Wildman–Crippen LogP) is 3.17. The Hall–Kier alpha value is -1.64. The van der Waals surface area contributed by atoms with Crippen LogP contribution in [0.25, 0.3) is 0 Å². The van der Waals surface area contributed by atoms with Crippen LogP contribution >= 0.6 is 0 Å². The second kappa shape index (κ2) is 5.04. The minimum atomic E-state index is -0.461. The summed E-state index contributed by atoms with van der Waals surface area (Å²) in [5, 5.41) is 10.9. The fourth-order valence-corrected chi connectivity index (χ4v) is 3.17. The lowest BCUT2D eigenvalue weighted by molar-refractivity contribution is -0.0277. The number of nitrogens with zero attached hydrogens (tertiary/aromatic N) is 1. The Balaban J connectivity index is 1.97. The van der Waals surface area contributed by atoms with E-state index in [-0.39, 0.29) is 5.54 Å². The third kappa shape index (κ3) is 2.15. The van der Waals surface area contributed by atoms with Crippen LogP contribution in [0.15, 0.2) is 54.6 Å². The standard InChI is InChI=1S/C18H21NO/c1-18(12-14-8-4-3-5-9-14)17(20)16-11-7-6-10-15(16)13-19(18)2/h3-11,17,20H,12-13H2,1-2H3. The molecule has 0 aromatic heterocycles. The summed E-state index contributed by atoms with van der Waals surface area (Å²) in [5.74, 6) is 0. The lowest BCUT2D eigenvalue weighted by Crippen LogP contribution is -2.53. The van der Waals surface area contributed by atoms with E-state index < -0.39 is 6.10 Å². The molecule has 1 N–H and O–H groups in total. The Kier molecular flexibility index (Phi) is 3.36. The normalized spacial score (nSPS) is 26.2. The van der Waals surface area contributed by atoms with Crippen molar-refractivity contribution in [3.8, 4) is 0 Å². The molecule has 2 unspecified atom stereocenters. The van der Waals surface area contributed by atoms with E-state index in [0.29, 0.717) is 0 Å². The van der Waals surface area contributed by atoms with Gasteiger partial charge < -0.3 is 5.11 Å². The fourth-order valence-electron chi connectivity index (χ4n) is 3.17. The van der Waals surface area contributed by atoms with E-state index in [2.05, 4.69) is 55.3 Å². The van der Waals surface area contributed by atoms with Gasteiger partial charge in [0.15, 0.2) is 0 Å². The lowest BCUT2D eigenvalue weighted by Gasteiger charge is -2.47. The zero-order valence-corrected chi connectivity index (χ0v) is 12.1. The summed E-state index contributed by atoms with van der Waals surface area (Å²) in [7, 11) is 2.10. The molecule has 0 radical (unpaired) electrons. The van der Waals surface area contributed by atoms with Crippen LogP contribution in [0, 0.1) is 0 Å². The molecule has 1 aliphatic rings. The lowest BCUT2D eigenvalue weighted by atomic mass is 9.78. The second-order valence-electron chi connectivity index (χ2n) is 5.98. The first-order chi connectivity index (χ1) is 9.61. The fraction of sp³-hybridized carbons (Fsp3) is 0.333. The van der Waals surface area contributed by atoms with Gasteiger partial charge >= 0.3 is 0 Å². The molecule has 0 saturated heterocycles. The van der Waals surface area contributed by atoms with E-state index in [1.807, 2.05) is 18.2 Å². The highest BCUT2D eigenvalue weighted by molar-refractivity contribution is 5.35. The van der Waals surface area contributed by atoms with Crippen LogP contribution in [-0.2, 0) is 13.0 Å². The molecule has 0 amide bonds. The number of hydrogen-bond acceptors (Lipinski definition) is 2. The summed E-state index contributed by atoms with van der Waals surface area (Å²) in [5.41, 5.74) is 3.30. The molecule has 1 heterocycles. The number of likely N-dealkylation sites (N-methyl/N-ethyl adjacent to an activating group) is 1. The van der Waals surface area contributed by atoms with Gasteiger partial charge in [0, 0.05) is 6.54 Å². The topological polar surface area (TPSA) is 23.5 Å². The van der Waals surface area contributed by atoms with Crippen molar-refractivity contribution in [3.63, 3.8) is 0 Å². The Morgan fingerprint density at radius 1 is 1.10 bits per heavy atom. The van der Waals surface area contributed by atoms with Crippen molar-refractivity contribution in [1.29, 1.82) is 0 Å². The van der Waals surface area contributed by atoms with Crippen molar-refractivity contribution < 1.29 is 5.11 Å². The van der Waals surface area contributed by atoms with Gasteiger partial charge in [-0.25, -0.2) is 0 Å². The molecule has 2 heteroatoms. The van der Waals surface area contributed by atoms with Gasteiger partial charge in [0.05, 0.1) is 11.6 Å². The largest absolute Gasteiger partial charge is 0.386 e. The number of aliphatic hydroxyl groups is 1. The number of fused-ring (bicyclic) bond motifs is 1. The van der Waals surface area contributed by atoms with Gasteiger partial charge in [0.25, 0.3) is 0 Å². The van der Waals surface area contributed by atoms with E-state index >= 15 is 0 Å². The van der Waals surface area contributed by atoms with Crippen LogP contribution in [-0.4, -0.2) is 22.6 Å². The third-order valence-corrected chi connectivity index (χ3v) is 4.62. The van der Waals surface area contributed by atoms with Crippen molar-refractivity contribution in [2.24, 2.45) is 0 Å². The van der Waals surface area contributed by atoms with Gasteiger partial charge in [-0.3, -0.25) is 4.90 Å². The molecule has 1 aliphatic heterocycles. The summed E-state index contributed by atoms with van der Waals surface area (Å²) in [6.45, 7) is 3.04. The van der Waals surface area contributed by atoms with Gasteiger partial charge in [-0.15, -0.1) is 0 Å². The summed E-state index contributed by atoms with van der Waals surface area (Å²) in [4.78, 5) is 2.27. The van der Waals surface area contributed by atoms with Crippen LogP contribution in [0.3, 0.4) is 0 Å². The van der Waals surface area contributed by atoms with Crippen LogP contribution in [0.4, 0.5) is 0 Å². The van der Waals surface area contributed by atoms with Crippen molar-refractivity contribution in [2.45, 2.75) is 31.5 Å². The first-order valence-corrected chi connectivity index (χ1v) is 7.12. The number of benzene rings is 2. The van der Waals surface area contributed by atoms with Gasteiger partial charge in [0.2, 0.25) is 0 Å². The molecule has 0 saturated carbocycles. The molecular formula is C18H21NO. The number of aliphatic hydroxyl groups excluding tert-OH is 1. The molecule has 2 atom stereocenters. The van der Waals surface area contributed by atoms with Crippen molar-refractivity contribution >= 4 is 0 Å². The monoisotopic (exact) mass is 267 g/mol. The maximum absolute atomic E-state index is 10.9. The molecule has 0 fully saturated rings. The van der Waals surface area contributed by atoms with Crippen LogP contribution in [0.1, 0.15) is 29.7 Å². The molecule has 3 rings (SSSR count). The molecule has 2 aromatic rings. The van der Waals surface area contributed by atoms with Crippen LogP contribution in [0.2, 0.25) is 0 Å². The van der Waals surface area contributed by atoms with Gasteiger partial charge in [-0.2, -0.15) is 0 Å². The molecular weight excluding hydrogens is 246 g/mol. The summed E-state index contributed by atoms with van der Waals surface area (Å²) in [6, 6.07) is 18.6. The molecule has 2 aromatic carbocycles. The second-order valence-corrected chi connectivity index (χ2v) is 5.98. The highest BCUT2D eigenvalue weighted by atomic mass is 16.3. The van der Waals surface area contributed by atoms with E-state index in [1.54, 1.807) is 0 Å². The maximum atomic E-state index is 10.9. The Labute approximate surface area is 120 Å². The minimum absolute atomic E-state index is 0.268. The van der Waals surface area contributed by atoms with E-state index in [0.717, 1.165) is 18.5 Å². The maximum Gasteiger partial charge on any atom is 0.0977 e. The predicted molar refractivity (Wildman–Crippen MR) is 81.4 cm³/mol. The smallest absolute Gasteiger partial charge is 0.0977 e. The van der Waals surface area contributed by atoms with Gasteiger partial charge in [0.1, 0.15) is 0 Å². The van der Waals surface area contributed by atoms with Crippen molar-refractivity contribution in [2.75, 3.05) is 7.05 Å². The molecule has 20 heavy (non-hydrogen) atoms. The van der Waals surface area contributed by atoms with Gasteiger partial charge in [-0.05, 0) is 37.1 Å². The highest BCUT2D eigenvalue weighted by Crippen LogP contribution is 2.40. The third-order valence-electron chi connectivity index (χ3n) is 4.62. The van der Waals surface area contributed by atoms with Crippen molar-refractivity contribution in [3.05, 3.63) is 71.3 Å². The molecule has 0 aliphatic carbocycles. The van der Waals surface area contributed by atoms with Crippen LogP contribution in [0.5, 0.6) is 0 Å². The van der Waals surface area contributed by atoms with E-state index in [4.69, 9.17) is 0 Å². The summed E-state index contributed by atoms with van der Waals surface area (Å²) < 4.78 is 0.